The molecule has 11 heavy (non-hydrogen) atoms. The minimum atomic E-state index is 0.556. The predicted molar refractivity (Wildman–Crippen MR) is 49.0 cm³/mol. The van der Waals surface area contributed by atoms with E-state index >= 15 is 0 Å². The Kier molecular flexibility index (Phi) is 3.40. The van der Waals surface area contributed by atoms with Crippen molar-refractivity contribution >= 4 is 6.34 Å². The van der Waals surface area contributed by atoms with E-state index in [4.69, 9.17) is 0 Å². The fourth-order valence-corrected chi connectivity index (χ4v) is 1.61. The standard InChI is InChI=1S/C9H18N2/c1-3-5-8-9(6-4-2)11-7-10-8/h7-9H,3-6H2,1-2H3,(H,10,11). The van der Waals surface area contributed by atoms with E-state index in [-0.39, 0.29) is 0 Å². The largest absolute Gasteiger partial charge is 0.372 e. The van der Waals surface area contributed by atoms with Gasteiger partial charge in [-0.2, -0.15) is 0 Å². The summed E-state index contributed by atoms with van der Waals surface area (Å²) in [7, 11) is 0. The van der Waals surface area contributed by atoms with Crippen LogP contribution >= 0.6 is 0 Å². The van der Waals surface area contributed by atoms with Crippen LogP contribution < -0.4 is 5.32 Å². The van der Waals surface area contributed by atoms with Crippen molar-refractivity contribution in [3.8, 4) is 0 Å². The molecule has 0 amide bonds. The van der Waals surface area contributed by atoms with Crippen LogP contribution in [0.3, 0.4) is 0 Å². The topological polar surface area (TPSA) is 24.4 Å². The second-order valence-corrected chi connectivity index (χ2v) is 3.20. The quantitative estimate of drug-likeness (QED) is 0.657. The summed E-state index contributed by atoms with van der Waals surface area (Å²) in [6, 6.07) is 1.18. The average Bonchev–Trinajstić information content (AvgIpc) is 2.39. The highest BCUT2D eigenvalue weighted by Gasteiger charge is 2.21. The number of hydrogen-bond donors (Lipinski definition) is 1. The third-order valence-electron chi connectivity index (χ3n) is 2.20. The van der Waals surface area contributed by atoms with E-state index < -0.39 is 0 Å². The molecule has 0 radical (unpaired) electrons. The Hall–Kier alpha value is -0.530. The molecule has 0 aromatic carbocycles. The first-order valence-corrected chi connectivity index (χ1v) is 4.66. The van der Waals surface area contributed by atoms with E-state index in [1.165, 1.54) is 25.7 Å². The Labute approximate surface area is 69.1 Å². The fourth-order valence-electron chi connectivity index (χ4n) is 1.61. The van der Waals surface area contributed by atoms with Gasteiger partial charge in [0.1, 0.15) is 0 Å². The summed E-state index contributed by atoms with van der Waals surface area (Å²) in [5, 5.41) is 3.30. The lowest BCUT2D eigenvalue weighted by atomic mass is 10.0. The van der Waals surface area contributed by atoms with Crippen LogP contribution in [0.15, 0.2) is 4.99 Å². The summed E-state index contributed by atoms with van der Waals surface area (Å²) in [6.45, 7) is 4.44. The van der Waals surface area contributed by atoms with Crippen LogP contribution in [-0.4, -0.2) is 18.4 Å². The van der Waals surface area contributed by atoms with E-state index in [1.807, 2.05) is 6.34 Å². The Bertz CT molecular complexity index is 132. The van der Waals surface area contributed by atoms with Crippen LogP contribution in [0.2, 0.25) is 0 Å². The van der Waals surface area contributed by atoms with Crippen molar-refractivity contribution < 1.29 is 0 Å². The van der Waals surface area contributed by atoms with E-state index in [9.17, 15) is 0 Å². The highest BCUT2D eigenvalue weighted by molar-refractivity contribution is 5.58. The van der Waals surface area contributed by atoms with Crippen molar-refractivity contribution in [1.29, 1.82) is 0 Å². The molecule has 0 aromatic heterocycles. The molecule has 0 saturated heterocycles. The molecule has 1 aliphatic rings. The fraction of sp³-hybridized carbons (Fsp3) is 0.889. The second-order valence-electron chi connectivity index (χ2n) is 3.20. The summed E-state index contributed by atoms with van der Waals surface area (Å²) in [5.74, 6) is 0. The van der Waals surface area contributed by atoms with Crippen molar-refractivity contribution in [2.24, 2.45) is 4.99 Å². The summed E-state index contributed by atoms with van der Waals surface area (Å²) < 4.78 is 0. The van der Waals surface area contributed by atoms with Gasteiger partial charge in [-0.05, 0) is 12.8 Å². The Morgan fingerprint density at radius 1 is 1.27 bits per heavy atom. The molecule has 64 valence electrons. The zero-order valence-electron chi connectivity index (χ0n) is 7.51. The Morgan fingerprint density at radius 3 is 2.64 bits per heavy atom. The van der Waals surface area contributed by atoms with Crippen molar-refractivity contribution in [3.63, 3.8) is 0 Å². The molecule has 1 heterocycles. The van der Waals surface area contributed by atoms with E-state index in [0.717, 1.165) is 0 Å². The van der Waals surface area contributed by atoms with Crippen molar-refractivity contribution in [3.05, 3.63) is 0 Å². The summed E-state index contributed by atoms with van der Waals surface area (Å²) in [4.78, 5) is 4.39. The van der Waals surface area contributed by atoms with Gasteiger partial charge < -0.3 is 5.32 Å². The molecule has 1 rings (SSSR count). The van der Waals surface area contributed by atoms with Gasteiger partial charge in [-0.1, -0.05) is 26.7 Å². The lowest BCUT2D eigenvalue weighted by molar-refractivity contribution is 0.462. The molecule has 2 heteroatoms. The van der Waals surface area contributed by atoms with Gasteiger partial charge in [0.15, 0.2) is 0 Å². The maximum absolute atomic E-state index is 4.39. The summed E-state index contributed by atoms with van der Waals surface area (Å²) in [5.41, 5.74) is 0. The zero-order valence-corrected chi connectivity index (χ0v) is 7.51. The summed E-state index contributed by atoms with van der Waals surface area (Å²) >= 11 is 0. The number of aliphatic imine (C=N–C) groups is 1. The highest BCUT2D eigenvalue weighted by Crippen LogP contribution is 2.14. The molecular weight excluding hydrogens is 136 g/mol. The smallest absolute Gasteiger partial charge is 0.0831 e. The lowest BCUT2D eigenvalue weighted by Crippen LogP contribution is -2.31. The van der Waals surface area contributed by atoms with E-state index in [1.54, 1.807) is 0 Å². The molecule has 2 nitrogen and oxygen atoms in total. The van der Waals surface area contributed by atoms with Crippen LogP contribution in [0.4, 0.5) is 0 Å². The maximum Gasteiger partial charge on any atom is 0.0831 e. The maximum atomic E-state index is 4.39. The molecule has 1 aliphatic heterocycles. The summed E-state index contributed by atoms with van der Waals surface area (Å²) in [6.07, 6.45) is 6.85. The predicted octanol–water partition coefficient (Wildman–Crippen LogP) is 1.96. The molecule has 0 fully saturated rings. The first-order chi connectivity index (χ1) is 5.38. The Morgan fingerprint density at radius 2 is 2.00 bits per heavy atom. The first kappa shape index (κ1) is 8.57. The van der Waals surface area contributed by atoms with E-state index in [0.29, 0.717) is 12.1 Å². The van der Waals surface area contributed by atoms with Crippen LogP contribution in [0.5, 0.6) is 0 Å². The normalized spacial score (nSPS) is 28.9. The minimum Gasteiger partial charge on any atom is -0.372 e. The van der Waals surface area contributed by atoms with Gasteiger partial charge in [0.25, 0.3) is 0 Å². The molecule has 0 aromatic rings. The van der Waals surface area contributed by atoms with Gasteiger partial charge in [0, 0.05) is 6.04 Å². The first-order valence-electron chi connectivity index (χ1n) is 4.66. The van der Waals surface area contributed by atoms with Gasteiger partial charge in [-0.25, -0.2) is 0 Å². The zero-order chi connectivity index (χ0) is 8.10. The van der Waals surface area contributed by atoms with E-state index in [2.05, 4.69) is 24.2 Å². The monoisotopic (exact) mass is 154 g/mol. The third-order valence-corrected chi connectivity index (χ3v) is 2.20. The average molecular weight is 154 g/mol. The lowest BCUT2D eigenvalue weighted by Gasteiger charge is -2.16. The minimum absolute atomic E-state index is 0.556. The molecule has 2 unspecified atom stereocenters. The number of rotatable bonds is 4. The van der Waals surface area contributed by atoms with Crippen LogP contribution in [0.25, 0.3) is 0 Å². The molecule has 0 aliphatic carbocycles. The third kappa shape index (κ3) is 2.21. The molecule has 0 spiro atoms. The Balaban J connectivity index is 2.30. The van der Waals surface area contributed by atoms with Crippen LogP contribution in [0, 0.1) is 0 Å². The second kappa shape index (κ2) is 4.37. The molecule has 1 N–H and O–H groups in total. The highest BCUT2D eigenvalue weighted by atomic mass is 15.1. The molecule has 0 bridgehead atoms. The van der Waals surface area contributed by atoms with Crippen molar-refractivity contribution in [2.45, 2.75) is 51.6 Å². The molecule has 0 saturated carbocycles. The van der Waals surface area contributed by atoms with Crippen LogP contribution in [-0.2, 0) is 0 Å². The van der Waals surface area contributed by atoms with Gasteiger partial charge >= 0.3 is 0 Å². The van der Waals surface area contributed by atoms with Gasteiger partial charge in [-0.3, -0.25) is 4.99 Å². The van der Waals surface area contributed by atoms with Crippen LogP contribution in [0.1, 0.15) is 39.5 Å². The SMILES string of the molecule is CCCC1N=CNC1CCC. The molecule has 2 atom stereocenters. The van der Waals surface area contributed by atoms with Gasteiger partial charge in [-0.15, -0.1) is 0 Å². The van der Waals surface area contributed by atoms with Crippen molar-refractivity contribution in [2.75, 3.05) is 0 Å². The van der Waals surface area contributed by atoms with Gasteiger partial charge in [0.2, 0.25) is 0 Å². The number of nitrogens with one attached hydrogen (secondary N) is 1. The molecular formula is C9H18N2. The number of nitrogens with zero attached hydrogens (tertiary/aromatic N) is 1. The van der Waals surface area contributed by atoms with Crippen molar-refractivity contribution in [1.82, 2.24) is 5.32 Å². The van der Waals surface area contributed by atoms with Gasteiger partial charge in [0.05, 0.1) is 12.4 Å². The number of hydrogen-bond acceptors (Lipinski definition) is 2.